The van der Waals surface area contributed by atoms with Crippen LogP contribution < -0.4 is 5.32 Å². The van der Waals surface area contributed by atoms with Crippen LogP contribution in [0.3, 0.4) is 0 Å². The number of amides is 2. The van der Waals surface area contributed by atoms with Gasteiger partial charge in [-0.15, -0.1) is 11.3 Å². The summed E-state index contributed by atoms with van der Waals surface area (Å²) in [6, 6.07) is 4.01. The van der Waals surface area contributed by atoms with Crippen molar-refractivity contribution in [1.82, 2.24) is 10.2 Å². The van der Waals surface area contributed by atoms with Gasteiger partial charge >= 0.3 is 6.03 Å². The summed E-state index contributed by atoms with van der Waals surface area (Å²) >= 11 is 1.71. The third-order valence-electron chi connectivity index (χ3n) is 3.69. The normalized spacial score (nSPS) is 21.9. The predicted molar refractivity (Wildman–Crippen MR) is 83.7 cm³/mol. The van der Waals surface area contributed by atoms with E-state index in [0.29, 0.717) is 38.6 Å². The molecule has 2 N–H and O–H groups in total. The second-order valence-electron chi connectivity index (χ2n) is 5.61. The lowest BCUT2D eigenvalue weighted by Gasteiger charge is -2.36. The molecule has 1 aliphatic rings. The van der Waals surface area contributed by atoms with E-state index in [1.807, 2.05) is 11.4 Å². The van der Waals surface area contributed by atoms with E-state index < -0.39 is 6.10 Å². The van der Waals surface area contributed by atoms with Gasteiger partial charge in [0.1, 0.15) is 0 Å². The first-order valence-electron chi connectivity index (χ1n) is 7.41. The average Bonchev–Trinajstić information content (AvgIpc) is 2.98. The van der Waals surface area contributed by atoms with Crippen LogP contribution in [0.4, 0.5) is 4.79 Å². The molecular weight excluding hydrogens is 288 g/mol. The van der Waals surface area contributed by atoms with Crippen molar-refractivity contribution in [3.8, 4) is 0 Å². The number of aliphatic hydroxyl groups excluding tert-OH is 1. The number of aliphatic hydroxyl groups is 1. The molecule has 1 aromatic rings. The molecule has 1 aliphatic heterocycles. The van der Waals surface area contributed by atoms with Crippen molar-refractivity contribution in [2.75, 3.05) is 26.3 Å². The van der Waals surface area contributed by atoms with Gasteiger partial charge in [0.05, 0.1) is 25.4 Å². The van der Waals surface area contributed by atoms with Gasteiger partial charge in [0.25, 0.3) is 0 Å². The average molecular weight is 312 g/mol. The van der Waals surface area contributed by atoms with Crippen molar-refractivity contribution in [2.24, 2.45) is 0 Å². The van der Waals surface area contributed by atoms with Crippen molar-refractivity contribution in [2.45, 2.75) is 38.3 Å². The van der Waals surface area contributed by atoms with Crippen LogP contribution in [-0.4, -0.2) is 54.5 Å². The van der Waals surface area contributed by atoms with Crippen molar-refractivity contribution >= 4 is 17.4 Å². The molecule has 1 fully saturated rings. The van der Waals surface area contributed by atoms with E-state index >= 15 is 0 Å². The topological polar surface area (TPSA) is 61.8 Å². The summed E-state index contributed by atoms with van der Waals surface area (Å²) in [6.45, 7) is 6.11. The van der Waals surface area contributed by atoms with E-state index in [1.165, 1.54) is 4.88 Å². The highest BCUT2D eigenvalue weighted by Gasteiger charge is 2.28. The van der Waals surface area contributed by atoms with Gasteiger partial charge in [-0.25, -0.2) is 4.79 Å². The third-order valence-corrected chi connectivity index (χ3v) is 4.79. The smallest absolute Gasteiger partial charge is 0.317 e. The molecular formula is C15H24N2O3S. The molecule has 0 radical (unpaired) electrons. The highest BCUT2D eigenvalue weighted by atomic mass is 32.1. The lowest BCUT2D eigenvalue weighted by atomic mass is 10.1. The molecule has 2 rings (SSSR count). The summed E-state index contributed by atoms with van der Waals surface area (Å²) in [5, 5.41) is 14.6. The summed E-state index contributed by atoms with van der Waals surface area (Å²) in [5.74, 6) is 0.310. The fourth-order valence-electron chi connectivity index (χ4n) is 2.53. The standard InChI is InChI=1S/C15H24N2O3S/c1-11(14-4-3-7-21-14)9-16-15(19)17-5-6-20-10-13(17)8-12(2)18/h3-4,7,11-13,18H,5-6,8-10H2,1-2H3,(H,16,19)/t11-,12+,13-/m1/s1. The maximum absolute atomic E-state index is 12.3. The molecule has 0 aromatic carbocycles. The largest absolute Gasteiger partial charge is 0.393 e. The lowest BCUT2D eigenvalue weighted by molar-refractivity contribution is -0.00432. The molecule has 0 spiro atoms. The Bertz CT molecular complexity index is 436. The molecule has 2 heterocycles. The number of carbonyl (C=O) groups is 1. The zero-order chi connectivity index (χ0) is 15.2. The Balaban J connectivity index is 1.85. The second-order valence-corrected chi connectivity index (χ2v) is 6.59. The lowest BCUT2D eigenvalue weighted by Crippen LogP contribution is -2.53. The SMILES string of the molecule is C[C@H](O)C[C@@H]1COCCN1C(=O)NC[C@@H](C)c1cccs1. The summed E-state index contributed by atoms with van der Waals surface area (Å²) in [4.78, 5) is 15.4. The minimum Gasteiger partial charge on any atom is -0.393 e. The highest BCUT2D eigenvalue weighted by molar-refractivity contribution is 7.10. The van der Waals surface area contributed by atoms with Crippen LogP contribution in [0.5, 0.6) is 0 Å². The second kappa shape index (κ2) is 7.77. The van der Waals surface area contributed by atoms with Gasteiger partial charge < -0.3 is 20.1 Å². The van der Waals surface area contributed by atoms with Gasteiger partial charge in [-0.3, -0.25) is 0 Å². The van der Waals surface area contributed by atoms with Crippen molar-refractivity contribution in [3.63, 3.8) is 0 Å². The van der Waals surface area contributed by atoms with E-state index in [4.69, 9.17) is 4.74 Å². The number of ether oxygens (including phenoxy) is 1. The highest BCUT2D eigenvalue weighted by Crippen LogP contribution is 2.20. The fraction of sp³-hybridized carbons (Fsp3) is 0.667. The molecule has 0 bridgehead atoms. The Labute approximate surface area is 129 Å². The molecule has 118 valence electrons. The minimum absolute atomic E-state index is 0.0456. The molecule has 0 saturated carbocycles. The summed E-state index contributed by atoms with van der Waals surface area (Å²) in [7, 11) is 0. The summed E-state index contributed by atoms with van der Waals surface area (Å²) < 4.78 is 5.42. The number of rotatable bonds is 5. The molecule has 0 unspecified atom stereocenters. The molecule has 1 aromatic heterocycles. The van der Waals surface area contributed by atoms with Gasteiger partial charge in [0, 0.05) is 23.9 Å². The van der Waals surface area contributed by atoms with Gasteiger partial charge in [-0.2, -0.15) is 0 Å². The van der Waals surface area contributed by atoms with E-state index in [2.05, 4.69) is 18.3 Å². The van der Waals surface area contributed by atoms with E-state index in [-0.39, 0.29) is 12.1 Å². The van der Waals surface area contributed by atoms with Crippen LogP contribution in [0.1, 0.15) is 31.1 Å². The van der Waals surface area contributed by atoms with Crippen molar-refractivity contribution in [1.29, 1.82) is 0 Å². The Kier molecular flexibility index (Phi) is 6.02. The Morgan fingerprint density at radius 2 is 2.43 bits per heavy atom. The van der Waals surface area contributed by atoms with E-state index in [0.717, 1.165) is 0 Å². The molecule has 2 amide bonds. The summed E-state index contributed by atoms with van der Waals surface area (Å²) in [5.41, 5.74) is 0. The number of hydrogen-bond donors (Lipinski definition) is 2. The zero-order valence-electron chi connectivity index (χ0n) is 12.6. The van der Waals surface area contributed by atoms with Crippen LogP contribution >= 0.6 is 11.3 Å². The Morgan fingerprint density at radius 3 is 3.10 bits per heavy atom. The maximum Gasteiger partial charge on any atom is 0.317 e. The monoisotopic (exact) mass is 312 g/mol. The fourth-order valence-corrected chi connectivity index (χ4v) is 3.31. The first-order valence-corrected chi connectivity index (χ1v) is 8.29. The first kappa shape index (κ1) is 16.3. The van der Waals surface area contributed by atoms with Crippen LogP contribution in [0.25, 0.3) is 0 Å². The van der Waals surface area contributed by atoms with Crippen molar-refractivity contribution < 1.29 is 14.6 Å². The molecule has 3 atom stereocenters. The summed E-state index contributed by atoms with van der Waals surface area (Å²) in [6.07, 6.45) is 0.116. The van der Waals surface area contributed by atoms with Crippen molar-refractivity contribution in [3.05, 3.63) is 22.4 Å². The number of nitrogens with zero attached hydrogens (tertiary/aromatic N) is 1. The van der Waals surface area contributed by atoms with Crippen LogP contribution in [0.15, 0.2) is 17.5 Å². The Morgan fingerprint density at radius 1 is 1.62 bits per heavy atom. The van der Waals surface area contributed by atoms with E-state index in [1.54, 1.807) is 23.2 Å². The van der Waals surface area contributed by atoms with Gasteiger partial charge in [0.15, 0.2) is 0 Å². The molecule has 5 nitrogen and oxygen atoms in total. The maximum atomic E-state index is 12.3. The molecule has 6 heteroatoms. The molecule has 1 saturated heterocycles. The number of urea groups is 1. The molecule has 0 aliphatic carbocycles. The van der Waals surface area contributed by atoms with Crippen LogP contribution in [-0.2, 0) is 4.74 Å². The Hall–Kier alpha value is -1.11. The van der Waals surface area contributed by atoms with Gasteiger partial charge in [-0.1, -0.05) is 13.0 Å². The molecule has 21 heavy (non-hydrogen) atoms. The van der Waals surface area contributed by atoms with Crippen LogP contribution in [0.2, 0.25) is 0 Å². The number of thiophene rings is 1. The van der Waals surface area contributed by atoms with Gasteiger partial charge in [-0.05, 0) is 24.8 Å². The minimum atomic E-state index is -0.433. The van der Waals surface area contributed by atoms with Crippen LogP contribution in [0, 0.1) is 0 Å². The number of nitrogens with one attached hydrogen (secondary N) is 1. The third kappa shape index (κ3) is 4.69. The number of carbonyl (C=O) groups excluding carboxylic acids is 1. The van der Waals surface area contributed by atoms with E-state index in [9.17, 15) is 9.90 Å². The predicted octanol–water partition coefficient (Wildman–Crippen LogP) is 2.03. The number of morpholine rings is 1. The quantitative estimate of drug-likeness (QED) is 0.874. The zero-order valence-corrected chi connectivity index (χ0v) is 13.4. The number of hydrogen-bond acceptors (Lipinski definition) is 4. The van der Waals surface area contributed by atoms with Gasteiger partial charge in [0.2, 0.25) is 0 Å². The first-order chi connectivity index (χ1) is 10.1.